The minimum absolute atomic E-state index is 0. The van der Waals surface area contributed by atoms with E-state index >= 15 is 0 Å². The van der Waals surface area contributed by atoms with E-state index in [1.165, 1.54) is 0 Å². The molecule has 1 unspecified atom stereocenters. The molecule has 0 aliphatic rings. The van der Waals surface area contributed by atoms with Gasteiger partial charge in [0, 0.05) is 11.6 Å². The third kappa shape index (κ3) is 5.02. The molecule has 15 heavy (non-hydrogen) atoms. The lowest BCUT2D eigenvalue weighted by atomic mass is 10.2. The summed E-state index contributed by atoms with van der Waals surface area (Å²) in [6.45, 7) is 2.11. The Labute approximate surface area is 100 Å². The fourth-order valence-electron chi connectivity index (χ4n) is 0.997. The number of nitrogens with two attached hydrogens (primary N) is 1. The molecule has 5 heteroatoms. The van der Waals surface area contributed by atoms with Crippen molar-refractivity contribution in [2.75, 3.05) is 0 Å². The van der Waals surface area contributed by atoms with Crippen molar-refractivity contribution >= 4 is 29.9 Å². The lowest BCUT2D eigenvalue weighted by Crippen LogP contribution is -2.37. The van der Waals surface area contributed by atoms with E-state index in [4.69, 9.17) is 17.3 Å². The quantitative estimate of drug-likeness (QED) is 0.857. The Morgan fingerprint density at radius 2 is 2.27 bits per heavy atom. The maximum atomic E-state index is 11.1. The van der Waals surface area contributed by atoms with Crippen molar-refractivity contribution in [3.63, 3.8) is 0 Å². The van der Waals surface area contributed by atoms with Gasteiger partial charge >= 0.3 is 0 Å². The summed E-state index contributed by atoms with van der Waals surface area (Å²) in [6, 6.07) is 6.86. The van der Waals surface area contributed by atoms with E-state index in [0.717, 1.165) is 5.56 Å². The second-order valence-electron chi connectivity index (χ2n) is 3.14. The second kappa shape index (κ2) is 6.67. The number of hydrogen-bond acceptors (Lipinski definition) is 2. The van der Waals surface area contributed by atoms with E-state index in [0.29, 0.717) is 11.6 Å². The van der Waals surface area contributed by atoms with Crippen LogP contribution >= 0.6 is 24.0 Å². The topological polar surface area (TPSA) is 55.1 Å². The highest BCUT2D eigenvalue weighted by molar-refractivity contribution is 6.30. The zero-order valence-corrected chi connectivity index (χ0v) is 9.94. The summed E-state index contributed by atoms with van der Waals surface area (Å²) in [4.78, 5) is 11.1. The van der Waals surface area contributed by atoms with E-state index in [2.05, 4.69) is 5.32 Å². The molecule has 0 saturated heterocycles. The van der Waals surface area contributed by atoms with Gasteiger partial charge in [-0.15, -0.1) is 12.4 Å². The molecule has 1 rings (SSSR count). The van der Waals surface area contributed by atoms with E-state index in [1.54, 1.807) is 13.0 Å². The number of rotatable bonds is 3. The molecule has 84 valence electrons. The van der Waals surface area contributed by atoms with E-state index in [-0.39, 0.29) is 18.3 Å². The summed E-state index contributed by atoms with van der Waals surface area (Å²) in [7, 11) is 0. The van der Waals surface area contributed by atoms with Crippen LogP contribution in [0.25, 0.3) is 0 Å². The molecule has 0 radical (unpaired) electrons. The lowest BCUT2D eigenvalue weighted by molar-refractivity contribution is -0.122. The number of hydrogen-bond donors (Lipinski definition) is 2. The van der Waals surface area contributed by atoms with Crippen LogP contribution in [-0.4, -0.2) is 11.9 Å². The van der Waals surface area contributed by atoms with Crippen LogP contribution in [0.1, 0.15) is 12.5 Å². The minimum Gasteiger partial charge on any atom is -0.351 e. The van der Waals surface area contributed by atoms with Gasteiger partial charge in [-0.1, -0.05) is 23.7 Å². The molecule has 1 atom stereocenters. The van der Waals surface area contributed by atoms with Crippen LogP contribution < -0.4 is 11.1 Å². The van der Waals surface area contributed by atoms with Crippen LogP contribution in [0, 0.1) is 0 Å². The predicted octanol–water partition coefficient (Wildman–Crippen LogP) is 1.73. The molecule has 0 fully saturated rings. The summed E-state index contributed by atoms with van der Waals surface area (Å²) < 4.78 is 0. The highest BCUT2D eigenvalue weighted by atomic mass is 35.5. The fraction of sp³-hybridized carbons (Fsp3) is 0.300. The van der Waals surface area contributed by atoms with Gasteiger partial charge in [-0.3, -0.25) is 4.79 Å². The lowest BCUT2D eigenvalue weighted by Gasteiger charge is -2.07. The molecule has 0 bridgehead atoms. The third-order valence-electron chi connectivity index (χ3n) is 1.77. The molecule has 0 aromatic heterocycles. The van der Waals surface area contributed by atoms with Gasteiger partial charge in [0.2, 0.25) is 5.91 Å². The Balaban J connectivity index is 0.00000196. The molecule has 0 saturated carbocycles. The van der Waals surface area contributed by atoms with Crippen LogP contribution in [-0.2, 0) is 11.3 Å². The van der Waals surface area contributed by atoms with E-state index in [1.807, 2.05) is 18.2 Å². The standard InChI is InChI=1S/C10H13ClN2O.ClH/c1-7(12)10(14)13-6-8-3-2-4-9(11)5-8;/h2-5,7H,6,12H2,1H3,(H,13,14);1H. The van der Waals surface area contributed by atoms with Gasteiger partial charge in [-0.25, -0.2) is 0 Å². The number of carbonyl (C=O) groups excluding carboxylic acids is 1. The zero-order chi connectivity index (χ0) is 10.6. The zero-order valence-electron chi connectivity index (χ0n) is 8.37. The van der Waals surface area contributed by atoms with Crippen LogP contribution in [0.5, 0.6) is 0 Å². The Bertz CT molecular complexity index is 329. The van der Waals surface area contributed by atoms with Gasteiger partial charge in [-0.2, -0.15) is 0 Å². The van der Waals surface area contributed by atoms with Gasteiger partial charge in [0.1, 0.15) is 0 Å². The van der Waals surface area contributed by atoms with Crippen LogP contribution in [0.3, 0.4) is 0 Å². The smallest absolute Gasteiger partial charge is 0.236 e. The first-order valence-corrected chi connectivity index (χ1v) is 4.75. The largest absolute Gasteiger partial charge is 0.351 e. The molecule has 0 spiro atoms. The minimum atomic E-state index is -0.478. The third-order valence-corrected chi connectivity index (χ3v) is 2.00. The monoisotopic (exact) mass is 248 g/mol. The maximum absolute atomic E-state index is 11.1. The summed E-state index contributed by atoms with van der Waals surface area (Å²) in [5.41, 5.74) is 6.36. The first-order chi connectivity index (χ1) is 6.59. The molecule has 1 aromatic carbocycles. The van der Waals surface area contributed by atoms with Gasteiger partial charge < -0.3 is 11.1 Å². The second-order valence-corrected chi connectivity index (χ2v) is 3.57. The van der Waals surface area contributed by atoms with Crippen molar-refractivity contribution in [3.8, 4) is 0 Å². The van der Waals surface area contributed by atoms with Crippen molar-refractivity contribution < 1.29 is 4.79 Å². The molecule has 1 aromatic rings. The Morgan fingerprint density at radius 3 is 2.80 bits per heavy atom. The number of nitrogens with one attached hydrogen (secondary N) is 1. The Morgan fingerprint density at radius 1 is 1.60 bits per heavy atom. The summed E-state index contributed by atoms with van der Waals surface area (Å²) in [5.74, 6) is -0.162. The molecular formula is C10H14Cl2N2O. The molecule has 3 N–H and O–H groups in total. The molecule has 0 aliphatic carbocycles. The van der Waals surface area contributed by atoms with Crippen LogP contribution in [0.4, 0.5) is 0 Å². The maximum Gasteiger partial charge on any atom is 0.236 e. The highest BCUT2D eigenvalue weighted by Crippen LogP contribution is 2.10. The fourth-order valence-corrected chi connectivity index (χ4v) is 1.21. The SMILES string of the molecule is CC(N)C(=O)NCc1cccc(Cl)c1.Cl. The highest BCUT2D eigenvalue weighted by Gasteiger charge is 2.05. The van der Waals surface area contributed by atoms with Crippen molar-refractivity contribution in [2.24, 2.45) is 5.73 Å². The number of amides is 1. The first kappa shape index (κ1) is 14.2. The molecular weight excluding hydrogens is 235 g/mol. The van der Waals surface area contributed by atoms with Gasteiger partial charge in [0.05, 0.1) is 6.04 Å². The summed E-state index contributed by atoms with van der Waals surface area (Å²) >= 11 is 5.79. The normalized spacial score (nSPS) is 11.4. The van der Waals surface area contributed by atoms with Crippen LogP contribution in [0.2, 0.25) is 5.02 Å². The molecule has 0 heterocycles. The first-order valence-electron chi connectivity index (χ1n) is 4.37. The molecule has 1 amide bonds. The van der Waals surface area contributed by atoms with Crippen molar-refractivity contribution in [1.29, 1.82) is 0 Å². The average molecular weight is 249 g/mol. The van der Waals surface area contributed by atoms with E-state index in [9.17, 15) is 4.79 Å². The van der Waals surface area contributed by atoms with Crippen molar-refractivity contribution in [3.05, 3.63) is 34.9 Å². The van der Waals surface area contributed by atoms with Crippen molar-refractivity contribution in [2.45, 2.75) is 19.5 Å². The molecule has 0 aliphatic heterocycles. The Kier molecular flexibility index (Phi) is 6.32. The van der Waals surface area contributed by atoms with Gasteiger partial charge in [0.25, 0.3) is 0 Å². The summed E-state index contributed by atoms with van der Waals surface area (Å²) in [6.07, 6.45) is 0. The number of halogens is 2. The van der Waals surface area contributed by atoms with Crippen LogP contribution in [0.15, 0.2) is 24.3 Å². The molecule has 3 nitrogen and oxygen atoms in total. The van der Waals surface area contributed by atoms with E-state index < -0.39 is 6.04 Å². The predicted molar refractivity (Wildman–Crippen MR) is 64.2 cm³/mol. The average Bonchev–Trinajstić information content (AvgIpc) is 2.14. The summed E-state index contributed by atoms with van der Waals surface area (Å²) in [5, 5.41) is 3.37. The van der Waals surface area contributed by atoms with Crippen molar-refractivity contribution in [1.82, 2.24) is 5.32 Å². The number of benzene rings is 1. The van der Waals surface area contributed by atoms with Gasteiger partial charge in [-0.05, 0) is 24.6 Å². The number of carbonyl (C=O) groups is 1. The Hall–Kier alpha value is -0.770. The van der Waals surface area contributed by atoms with Gasteiger partial charge in [0.15, 0.2) is 0 Å².